The Morgan fingerprint density at radius 3 is 2.25 bits per heavy atom. The molecule has 0 aliphatic rings. The molecular weight excluding hydrogens is 250 g/mol. The first kappa shape index (κ1) is 12.5. The van der Waals surface area contributed by atoms with E-state index in [0.29, 0.717) is 5.75 Å². The zero-order valence-corrected chi connectivity index (χ0v) is 11.5. The first-order chi connectivity index (χ1) is 9.83. The Morgan fingerprint density at radius 2 is 1.55 bits per heavy atom. The Morgan fingerprint density at radius 1 is 0.850 bits per heavy atom. The summed E-state index contributed by atoms with van der Waals surface area (Å²) in [6.45, 7) is 0. The van der Waals surface area contributed by atoms with E-state index in [1.54, 1.807) is 14.2 Å². The third-order valence-corrected chi connectivity index (χ3v) is 3.32. The van der Waals surface area contributed by atoms with E-state index in [1.807, 2.05) is 42.6 Å². The zero-order chi connectivity index (χ0) is 13.9. The number of pyridine rings is 1. The molecule has 0 aliphatic carbocycles. The minimum atomic E-state index is 0.713. The van der Waals surface area contributed by atoms with Gasteiger partial charge in [0.05, 0.1) is 19.9 Å². The van der Waals surface area contributed by atoms with Gasteiger partial charge in [-0.25, -0.2) is 0 Å². The standard InChI is InChI=1S/C17H15NO2/c1-19-15-10-13-8-9-18-17(12-6-4-3-5-7-12)14(13)11-16(15)20-2/h3-11H,1-2H3. The number of methoxy groups -OCH3 is 2. The highest BCUT2D eigenvalue weighted by Crippen LogP contribution is 2.35. The molecule has 0 aliphatic heterocycles. The average Bonchev–Trinajstić information content (AvgIpc) is 2.53. The van der Waals surface area contributed by atoms with Gasteiger partial charge in [0, 0.05) is 17.1 Å². The molecule has 3 aromatic rings. The topological polar surface area (TPSA) is 31.4 Å². The number of benzene rings is 2. The van der Waals surface area contributed by atoms with Gasteiger partial charge in [0.25, 0.3) is 0 Å². The van der Waals surface area contributed by atoms with Gasteiger partial charge < -0.3 is 9.47 Å². The Bertz CT molecular complexity index is 739. The Balaban J connectivity index is 2.29. The molecule has 0 amide bonds. The summed E-state index contributed by atoms with van der Waals surface area (Å²) in [7, 11) is 3.28. The van der Waals surface area contributed by atoms with Crippen molar-refractivity contribution in [2.75, 3.05) is 14.2 Å². The van der Waals surface area contributed by atoms with Crippen LogP contribution in [-0.2, 0) is 0 Å². The number of aromatic nitrogens is 1. The molecule has 100 valence electrons. The van der Waals surface area contributed by atoms with Gasteiger partial charge in [0.2, 0.25) is 0 Å². The van der Waals surface area contributed by atoms with Crippen LogP contribution in [0.2, 0.25) is 0 Å². The van der Waals surface area contributed by atoms with Crippen LogP contribution in [0.3, 0.4) is 0 Å². The summed E-state index contributed by atoms with van der Waals surface area (Å²) in [5.74, 6) is 1.44. The van der Waals surface area contributed by atoms with Crippen LogP contribution in [0.25, 0.3) is 22.0 Å². The fraction of sp³-hybridized carbons (Fsp3) is 0.118. The van der Waals surface area contributed by atoms with Crippen LogP contribution in [0.1, 0.15) is 0 Å². The molecule has 20 heavy (non-hydrogen) atoms. The number of ether oxygens (including phenoxy) is 2. The summed E-state index contributed by atoms with van der Waals surface area (Å²) in [6, 6.07) is 16.1. The number of fused-ring (bicyclic) bond motifs is 1. The normalized spacial score (nSPS) is 10.5. The minimum Gasteiger partial charge on any atom is -0.493 e. The van der Waals surface area contributed by atoms with Crippen molar-refractivity contribution in [1.29, 1.82) is 0 Å². The number of nitrogens with zero attached hydrogens (tertiary/aromatic N) is 1. The molecule has 0 atom stereocenters. The second kappa shape index (κ2) is 5.21. The van der Waals surface area contributed by atoms with Gasteiger partial charge >= 0.3 is 0 Å². The summed E-state index contributed by atoms with van der Waals surface area (Å²) in [5, 5.41) is 2.13. The molecule has 0 saturated carbocycles. The van der Waals surface area contributed by atoms with E-state index in [-0.39, 0.29) is 0 Å². The summed E-state index contributed by atoms with van der Waals surface area (Å²) >= 11 is 0. The van der Waals surface area contributed by atoms with Crippen LogP contribution < -0.4 is 9.47 Å². The number of hydrogen-bond acceptors (Lipinski definition) is 3. The van der Waals surface area contributed by atoms with Gasteiger partial charge in [-0.2, -0.15) is 0 Å². The lowest BCUT2D eigenvalue weighted by atomic mass is 10.0. The Labute approximate surface area is 117 Å². The van der Waals surface area contributed by atoms with E-state index in [4.69, 9.17) is 9.47 Å². The van der Waals surface area contributed by atoms with E-state index in [9.17, 15) is 0 Å². The van der Waals surface area contributed by atoms with Gasteiger partial charge in [-0.05, 0) is 23.6 Å². The molecule has 1 aromatic heterocycles. The van der Waals surface area contributed by atoms with Crippen LogP contribution in [0.15, 0.2) is 54.7 Å². The molecule has 0 spiro atoms. The van der Waals surface area contributed by atoms with Gasteiger partial charge in [-0.1, -0.05) is 30.3 Å². The van der Waals surface area contributed by atoms with Crippen molar-refractivity contribution in [2.45, 2.75) is 0 Å². The second-order valence-electron chi connectivity index (χ2n) is 4.45. The van der Waals surface area contributed by atoms with E-state index in [1.165, 1.54) is 0 Å². The van der Waals surface area contributed by atoms with E-state index in [0.717, 1.165) is 27.8 Å². The maximum Gasteiger partial charge on any atom is 0.161 e. The second-order valence-corrected chi connectivity index (χ2v) is 4.45. The lowest BCUT2D eigenvalue weighted by Crippen LogP contribution is -1.92. The molecule has 0 unspecified atom stereocenters. The van der Waals surface area contributed by atoms with E-state index >= 15 is 0 Å². The first-order valence-electron chi connectivity index (χ1n) is 6.39. The highest BCUT2D eigenvalue weighted by molar-refractivity contribution is 5.96. The summed E-state index contributed by atoms with van der Waals surface area (Å²) < 4.78 is 10.7. The van der Waals surface area contributed by atoms with Crippen molar-refractivity contribution >= 4 is 10.8 Å². The molecule has 0 fully saturated rings. The molecule has 3 rings (SSSR count). The summed E-state index contributed by atoms with van der Waals surface area (Å²) in [5.41, 5.74) is 2.04. The number of hydrogen-bond donors (Lipinski definition) is 0. The maximum absolute atomic E-state index is 5.38. The average molecular weight is 265 g/mol. The molecule has 3 nitrogen and oxygen atoms in total. The molecule has 0 N–H and O–H groups in total. The molecule has 3 heteroatoms. The highest BCUT2D eigenvalue weighted by atomic mass is 16.5. The molecule has 2 aromatic carbocycles. The summed E-state index contributed by atoms with van der Waals surface area (Å²) in [4.78, 5) is 4.51. The van der Waals surface area contributed by atoms with Gasteiger partial charge in [0.1, 0.15) is 0 Å². The third kappa shape index (κ3) is 2.07. The van der Waals surface area contributed by atoms with Crippen molar-refractivity contribution in [3.05, 3.63) is 54.7 Å². The van der Waals surface area contributed by atoms with Crippen molar-refractivity contribution in [3.63, 3.8) is 0 Å². The Kier molecular flexibility index (Phi) is 3.25. The van der Waals surface area contributed by atoms with Gasteiger partial charge in [-0.15, -0.1) is 0 Å². The lowest BCUT2D eigenvalue weighted by Gasteiger charge is -2.11. The van der Waals surface area contributed by atoms with Crippen molar-refractivity contribution in [3.8, 4) is 22.8 Å². The maximum atomic E-state index is 5.38. The largest absolute Gasteiger partial charge is 0.493 e. The molecule has 0 saturated heterocycles. The fourth-order valence-corrected chi connectivity index (χ4v) is 2.33. The van der Waals surface area contributed by atoms with E-state index < -0.39 is 0 Å². The third-order valence-electron chi connectivity index (χ3n) is 3.32. The number of rotatable bonds is 3. The Hall–Kier alpha value is -2.55. The molecule has 1 heterocycles. The van der Waals surface area contributed by atoms with Crippen LogP contribution in [0, 0.1) is 0 Å². The van der Waals surface area contributed by atoms with E-state index in [2.05, 4.69) is 17.1 Å². The van der Waals surface area contributed by atoms with Gasteiger partial charge in [0.15, 0.2) is 11.5 Å². The smallest absolute Gasteiger partial charge is 0.161 e. The van der Waals surface area contributed by atoms with Crippen LogP contribution in [-0.4, -0.2) is 19.2 Å². The van der Waals surface area contributed by atoms with Crippen molar-refractivity contribution in [2.24, 2.45) is 0 Å². The monoisotopic (exact) mass is 265 g/mol. The lowest BCUT2D eigenvalue weighted by molar-refractivity contribution is 0.356. The van der Waals surface area contributed by atoms with Crippen molar-refractivity contribution in [1.82, 2.24) is 4.98 Å². The summed E-state index contributed by atoms with van der Waals surface area (Å²) in [6.07, 6.45) is 1.82. The predicted molar refractivity (Wildman–Crippen MR) is 80.3 cm³/mol. The minimum absolute atomic E-state index is 0.713. The van der Waals surface area contributed by atoms with Crippen LogP contribution >= 0.6 is 0 Å². The quantitative estimate of drug-likeness (QED) is 0.719. The van der Waals surface area contributed by atoms with Crippen LogP contribution in [0.4, 0.5) is 0 Å². The van der Waals surface area contributed by atoms with Crippen LogP contribution in [0.5, 0.6) is 11.5 Å². The van der Waals surface area contributed by atoms with Crippen molar-refractivity contribution < 1.29 is 9.47 Å². The highest BCUT2D eigenvalue weighted by Gasteiger charge is 2.10. The van der Waals surface area contributed by atoms with Gasteiger partial charge in [-0.3, -0.25) is 4.98 Å². The molecule has 0 radical (unpaired) electrons. The fourth-order valence-electron chi connectivity index (χ4n) is 2.33. The molecule has 0 bridgehead atoms. The predicted octanol–water partition coefficient (Wildman–Crippen LogP) is 3.92. The SMILES string of the molecule is COc1cc2ccnc(-c3ccccc3)c2cc1OC. The molecular formula is C17H15NO2. The first-order valence-corrected chi connectivity index (χ1v) is 6.39. The zero-order valence-electron chi connectivity index (χ0n) is 11.5.